The molecular weight excluding hydrogens is 496 g/mol. The quantitative estimate of drug-likeness (QED) is 0.300. The second-order valence-corrected chi connectivity index (χ2v) is 10.2. The molecule has 3 aromatic rings. The fourth-order valence-corrected chi connectivity index (χ4v) is 5.56. The number of allylic oxidation sites excluding steroid dienone is 1. The van der Waals surface area contributed by atoms with Gasteiger partial charge in [0, 0.05) is 29.7 Å². The number of hydrogen-bond donors (Lipinski definition) is 1. The summed E-state index contributed by atoms with van der Waals surface area (Å²) < 4.78 is 16.9. The number of benzene rings is 3. The summed E-state index contributed by atoms with van der Waals surface area (Å²) in [6.07, 6.45) is 6.63. The monoisotopic (exact) mass is 528 g/mol. The number of carbonyl (C=O) groups is 3. The first kappa shape index (κ1) is 26.5. The van der Waals surface area contributed by atoms with E-state index in [2.05, 4.69) is 0 Å². The molecule has 0 radical (unpaired) electrons. The standard InChI is InChI=1S/C32H32O7/c1-19-9-8-12-21(33)11-5-3-4-10-20-17-27-30(31(35)29(20)32(36)38-19)25(18-28(34)39-27)23-15-16-26(37-2)24-14-7-6-13-22(23)24/h4,6-7,10,13-17,19,25,35H,3,5,8-9,11-12,18H2,1-2H3/b10-4+. The van der Waals surface area contributed by atoms with Gasteiger partial charge >= 0.3 is 11.9 Å². The number of ether oxygens (including phenoxy) is 3. The summed E-state index contributed by atoms with van der Waals surface area (Å²) in [7, 11) is 1.61. The Morgan fingerprint density at radius 3 is 2.56 bits per heavy atom. The highest BCUT2D eigenvalue weighted by atomic mass is 16.5. The summed E-state index contributed by atoms with van der Waals surface area (Å²) in [5.41, 5.74) is 1.65. The maximum atomic E-state index is 13.5. The molecule has 2 aliphatic heterocycles. The molecule has 39 heavy (non-hydrogen) atoms. The van der Waals surface area contributed by atoms with Gasteiger partial charge in [-0.05, 0) is 61.3 Å². The van der Waals surface area contributed by atoms with Gasteiger partial charge in [0.2, 0.25) is 0 Å². The van der Waals surface area contributed by atoms with E-state index in [4.69, 9.17) is 14.2 Å². The second-order valence-electron chi connectivity index (χ2n) is 10.2. The van der Waals surface area contributed by atoms with Gasteiger partial charge in [0.25, 0.3) is 0 Å². The minimum Gasteiger partial charge on any atom is -0.507 e. The summed E-state index contributed by atoms with van der Waals surface area (Å²) in [6, 6.07) is 13.1. The molecule has 2 atom stereocenters. The van der Waals surface area contributed by atoms with Crippen LogP contribution >= 0.6 is 0 Å². The lowest BCUT2D eigenvalue weighted by molar-refractivity contribution is -0.135. The van der Waals surface area contributed by atoms with Gasteiger partial charge in [-0.15, -0.1) is 0 Å². The Bertz CT molecular complexity index is 1470. The van der Waals surface area contributed by atoms with Crippen LogP contribution < -0.4 is 9.47 Å². The summed E-state index contributed by atoms with van der Waals surface area (Å²) in [4.78, 5) is 38.3. The zero-order chi connectivity index (χ0) is 27.5. The minimum absolute atomic E-state index is 0.00495. The molecular formula is C32H32O7. The van der Waals surface area contributed by atoms with Crippen molar-refractivity contribution in [3.05, 3.63) is 70.8 Å². The Labute approximate surface area is 227 Å². The van der Waals surface area contributed by atoms with Gasteiger partial charge in [0.1, 0.15) is 28.6 Å². The van der Waals surface area contributed by atoms with Crippen LogP contribution in [0.3, 0.4) is 0 Å². The van der Waals surface area contributed by atoms with E-state index >= 15 is 0 Å². The number of esters is 2. The van der Waals surface area contributed by atoms with E-state index in [0.29, 0.717) is 55.4 Å². The molecule has 5 rings (SSSR count). The topological polar surface area (TPSA) is 99.1 Å². The highest BCUT2D eigenvalue weighted by Crippen LogP contribution is 2.49. The number of carbonyl (C=O) groups excluding carboxylic acids is 3. The number of ketones is 1. The molecule has 0 aliphatic carbocycles. The fourth-order valence-electron chi connectivity index (χ4n) is 5.56. The van der Waals surface area contributed by atoms with E-state index in [0.717, 1.165) is 16.3 Å². The number of rotatable bonds is 2. The maximum absolute atomic E-state index is 13.5. The first-order chi connectivity index (χ1) is 18.9. The van der Waals surface area contributed by atoms with E-state index in [1.54, 1.807) is 26.2 Å². The average Bonchev–Trinajstić information content (AvgIpc) is 2.91. The number of fused-ring (bicyclic) bond motifs is 3. The Hall–Kier alpha value is -4.13. The van der Waals surface area contributed by atoms with Crippen molar-refractivity contribution in [3.63, 3.8) is 0 Å². The normalized spacial score (nSPS) is 21.2. The predicted molar refractivity (Wildman–Crippen MR) is 147 cm³/mol. The number of cyclic esters (lactones) is 1. The summed E-state index contributed by atoms with van der Waals surface area (Å²) in [5, 5.41) is 13.4. The molecule has 0 spiro atoms. The largest absolute Gasteiger partial charge is 0.507 e. The predicted octanol–water partition coefficient (Wildman–Crippen LogP) is 6.48. The highest BCUT2D eigenvalue weighted by molar-refractivity contribution is 5.99. The smallest absolute Gasteiger partial charge is 0.342 e. The number of phenols is 1. The molecule has 0 saturated heterocycles. The Morgan fingerprint density at radius 1 is 1.00 bits per heavy atom. The zero-order valence-corrected chi connectivity index (χ0v) is 22.2. The van der Waals surface area contributed by atoms with Gasteiger partial charge in [0.05, 0.1) is 19.6 Å². The van der Waals surface area contributed by atoms with Crippen molar-refractivity contribution in [2.24, 2.45) is 0 Å². The van der Waals surface area contributed by atoms with E-state index in [-0.39, 0.29) is 29.3 Å². The molecule has 0 bridgehead atoms. The lowest BCUT2D eigenvalue weighted by Gasteiger charge is -2.28. The molecule has 2 unspecified atom stereocenters. The number of methoxy groups -OCH3 is 1. The van der Waals surface area contributed by atoms with E-state index in [1.807, 2.05) is 42.5 Å². The van der Waals surface area contributed by atoms with Crippen LogP contribution in [0.15, 0.2) is 48.5 Å². The molecule has 2 heterocycles. The Balaban J connectivity index is 1.66. The molecule has 3 aromatic carbocycles. The van der Waals surface area contributed by atoms with Gasteiger partial charge in [-0.2, -0.15) is 0 Å². The van der Waals surface area contributed by atoms with Crippen molar-refractivity contribution >= 4 is 34.6 Å². The first-order valence-electron chi connectivity index (χ1n) is 13.4. The molecule has 1 N–H and O–H groups in total. The maximum Gasteiger partial charge on any atom is 0.342 e. The van der Waals surface area contributed by atoms with E-state index < -0.39 is 24.0 Å². The third kappa shape index (κ3) is 5.39. The third-order valence-electron chi connectivity index (χ3n) is 7.49. The first-order valence-corrected chi connectivity index (χ1v) is 13.4. The zero-order valence-electron chi connectivity index (χ0n) is 22.2. The van der Waals surface area contributed by atoms with Crippen LogP contribution in [0.5, 0.6) is 17.2 Å². The molecule has 202 valence electrons. The van der Waals surface area contributed by atoms with Gasteiger partial charge < -0.3 is 19.3 Å². The third-order valence-corrected chi connectivity index (χ3v) is 7.49. The van der Waals surface area contributed by atoms with Gasteiger partial charge in [0.15, 0.2) is 0 Å². The van der Waals surface area contributed by atoms with Gasteiger partial charge in [-0.1, -0.05) is 42.5 Å². The molecule has 0 saturated carbocycles. The van der Waals surface area contributed by atoms with Crippen molar-refractivity contribution in [1.82, 2.24) is 0 Å². The van der Waals surface area contributed by atoms with Crippen LogP contribution in [0.2, 0.25) is 0 Å². The van der Waals surface area contributed by atoms with Crippen LogP contribution in [0, 0.1) is 0 Å². The molecule has 0 fully saturated rings. The van der Waals surface area contributed by atoms with Crippen molar-refractivity contribution < 1.29 is 33.7 Å². The van der Waals surface area contributed by atoms with Gasteiger partial charge in [-0.3, -0.25) is 9.59 Å². The second kappa shape index (κ2) is 11.3. The minimum atomic E-state index is -0.652. The molecule has 7 nitrogen and oxygen atoms in total. The molecule has 0 aromatic heterocycles. The Morgan fingerprint density at radius 2 is 1.77 bits per heavy atom. The van der Waals surface area contributed by atoms with Crippen LogP contribution in [0.4, 0.5) is 0 Å². The summed E-state index contributed by atoms with van der Waals surface area (Å²) >= 11 is 0. The number of aromatic hydroxyl groups is 1. The number of phenolic OH excluding ortho intramolecular Hbond substituents is 1. The molecule has 7 heteroatoms. The van der Waals surface area contributed by atoms with Crippen molar-refractivity contribution in [2.45, 2.75) is 63.9 Å². The van der Waals surface area contributed by atoms with Crippen molar-refractivity contribution in [1.29, 1.82) is 0 Å². The fraction of sp³-hybridized carbons (Fsp3) is 0.344. The van der Waals surface area contributed by atoms with Crippen LogP contribution in [-0.4, -0.2) is 36.0 Å². The lowest BCUT2D eigenvalue weighted by Crippen LogP contribution is -2.23. The van der Waals surface area contributed by atoms with Crippen LogP contribution in [0.25, 0.3) is 16.8 Å². The van der Waals surface area contributed by atoms with E-state index in [1.165, 1.54) is 0 Å². The molecule has 2 aliphatic rings. The van der Waals surface area contributed by atoms with Crippen molar-refractivity contribution in [2.75, 3.05) is 7.11 Å². The average molecular weight is 529 g/mol. The lowest BCUT2D eigenvalue weighted by atomic mass is 9.81. The van der Waals surface area contributed by atoms with Gasteiger partial charge in [-0.25, -0.2) is 4.79 Å². The van der Waals surface area contributed by atoms with Crippen LogP contribution in [-0.2, 0) is 14.3 Å². The number of hydrogen-bond acceptors (Lipinski definition) is 7. The SMILES string of the molecule is COc1ccc(C2CC(=O)Oc3cc4c(c(O)c32)C(=O)OC(C)CCCC(=O)CCC/C=C/4)c2ccccc12. The molecule has 0 amide bonds. The number of Topliss-reactive ketones (excluding diaryl/α,β-unsaturated/α-hetero) is 1. The van der Waals surface area contributed by atoms with Crippen LogP contribution in [0.1, 0.15) is 84.8 Å². The summed E-state index contributed by atoms with van der Waals surface area (Å²) in [5.74, 6) is -0.748. The summed E-state index contributed by atoms with van der Waals surface area (Å²) in [6.45, 7) is 1.79. The Kier molecular flexibility index (Phi) is 7.68. The van der Waals surface area contributed by atoms with E-state index in [9.17, 15) is 19.5 Å². The van der Waals surface area contributed by atoms with Crippen molar-refractivity contribution in [3.8, 4) is 17.2 Å². The highest BCUT2D eigenvalue weighted by Gasteiger charge is 2.36.